The van der Waals surface area contributed by atoms with Crippen molar-refractivity contribution in [1.82, 2.24) is 26.6 Å². The molecule has 1 saturated heterocycles. The van der Waals surface area contributed by atoms with Gasteiger partial charge in [-0.15, -0.1) is 0 Å². The zero-order valence-corrected chi connectivity index (χ0v) is 19.2. The molecule has 3 unspecified atom stereocenters. The summed E-state index contributed by atoms with van der Waals surface area (Å²) in [4.78, 5) is 0. The molecule has 0 aromatic heterocycles. The Morgan fingerprint density at radius 1 is 0.615 bits per heavy atom. The fraction of sp³-hybridized carbons (Fsp3) is 1.00. The number of aliphatic hydroxyl groups is 4. The zero-order valence-electron chi connectivity index (χ0n) is 14.8. The molecule has 0 spiro atoms. The van der Waals surface area contributed by atoms with E-state index in [-0.39, 0.29) is 50.6 Å². The van der Waals surface area contributed by atoms with Crippen LogP contribution < -0.4 is 26.6 Å². The van der Waals surface area contributed by atoms with Gasteiger partial charge in [-0.25, -0.2) is 0 Å². The first kappa shape index (κ1) is 27.1. The molecule has 0 radical (unpaired) electrons. The molecule has 9 nitrogen and oxygen atoms in total. The van der Waals surface area contributed by atoms with Crippen LogP contribution in [-0.4, -0.2) is 110 Å². The molecule has 0 amide bonds. The van der Waals surface area contributed by atoms with Crippen molar-refractivity contribution in [2.24, 2.45) is 0 Å². The van der Waals surface area contributed by atoms with Crippen molar-refractivity contribution in [3.63, 3.8) is 0 Å². The summed E-state index contributed by atoms with van der Waals surface area (Å²) in [6, 6.07) is -0.485. The van der Waals surface area contributed by atoms with E-state index in [1.54, 1.807) is 0 Å². The van der Waals surface area contributed by atoms with Gasteiger partial charge in [-0.1, -0.05) is 0 Å². The first-order valence-electron chi connectivity index (χ1n) is 8.59. The average molecular weight is 550 g/mol. The van der Waals surface area contributed by atoms with E-state index in [0.717, 1.165) is 6.54 Å². The van der Waals surface area contributed by atoms with Gasteiger partial charge in [0.15, 0.2) is 0 Å². The third kappa shape index (κ3) is 14.2. The topological polar surface area (TPSA) is 141 Å². The van der Waals surface area contributed by atoms with Gasteiger partial charge in [0.05, 0.1) is 26.4 Å². The second-order valence-corrected chi connectivity index (χ2v) is 11.9. The summed E-state index contributed by atoms with van der Waals surface area (Å²) in [5, 5.41) is 53.7. The van der Waals surface area contributed by atoms with Gasteiger partial charge in [0.2, 0.25) is 0 Å². The van der Waals surface area contributed by atoms with Crippen LogP contribution in [0.3, 0.4) is 0 Å². The van der Waals surface area contributed by atoms with Gasteiger partial charge in [-0.05, 0) is 0 Å². The Hall–Kier alpha value is 1.12. The Labute approximate surface area is 176 Å². The van der Waals surface area contributed by atoms with Crippen LogP contribution in [0.1, 0.15) is 0 Å². The molecule has 0 bridgehead atoms. The summed E-state index contributed by atoms with van der Waals surface area (Å²) in [5.74, 6) is 0. The van der Waals surface area contributed by atoms with Gasteiger partial charge in [-0.2, -0.15) is 0 Å². The SMILES string of the molecule is OCC1CNC(CO)CNC(CO)CN[C@H](CO)CNCCN1.[Br][Mn][Br]. The van der Waals surface area contributed by atoms with Crippen LogP contribution in [0.25, 0.3) is 0 Å². The average Bonchev–Trinajstić information content (AvgIpc) is 2.66. The van der Waals surface area contributed by atoms with Gasteiger partial charge in [0.1, 0.15) is 0 Å². The number of nitrogens with one attached hydrogen (secondary N) is 5. The van der Waals surface area contributed by atoms with E-state index in [4.69, 9.17) is 0 Å². The monoisotopic (exact) mass is 548 g/mol. The van der Waals surface area contributed by atoms with E-state index in [0.29, 0.717) is 44.1 Å². The van der Waals surface area contributed by atoms with Crippen molar-refractivity contribution in [3.05, 3.63) is 0 Å². The molecular weight excluding hydrogens is 517 g/mol. The summed E-state index contributed by atoms with van der Waals surface area (Å²) >= 11 is 6.88. The Morgan fingerprint density at radius 3 is 1.35 bits per heavy atom. The van der Waals surface area contributed by atoms with Crippen LogP contribution in [0.15, 0.2) is 0 Å². The first-order valence-corrected chi connectivity index (χ1v) is 14.4. The predicted molar refractivity (Wildman–Crippen MR) is 106 cm³/mol. The van der Waals surface area contributed by atoms with Crippen molar-refractivity contribution in [3.8, 4) is 0 Å². The fourth-order valence-corrected chi connectivity index (χ4v) is 2.37. The number of hydrogen-bond acceptors (Lipinski definition) is 9. The molecule has 0 aliphatic carbocycles. The number of rotatable bonds is 4. The number of halogens is 2. The molecule has 0 aromatic carbocycles. The minimum atomic E-state index is -0.156. The quantitative estimate of drug-likeness (QED) is 0.169. The van der Waals surface area contributed by atoms with Crippen LogP contribution in [0.4, 0.5) is 0 Å². The van der Waals surface area contributed by atoms with E-state index in [9.17, 15) is 20.4 Å². The molecule has 1 aliphatic heterocycles. The van der Waals surface area contributed by atoms with E-state index in [1.807, 2.05) is 0 Å². The van der Waals surface area contributed by atoms with Crippen LogP contribution in [0.5, 0.6) is 0 Å². The molecule has 26 heavy (non-hydrogen) atoms. The third-order valence-electron chi connectivity index (χ3n) is 3.97. The number of hydrogen-bond donors (Lipinski definition) is 9. The molecule has 1 fully saturated rings. The summed E-state index contributed by atoms with van der Waals surface area (Å²) in [7, 11) is 0. The van der Waals surface area contributed by atoms with E-state index >= 15 is 0 Å². The molecule has 0 saturated carbocycles. The summed E-state index contributed by atoms with van der Waals surface area (Å²) in [6.07, 6.45) is 0. The van der Waals surface area contributed by atoms with E-state index < -0.39 is 0 Å². The van der Waals surface area contributed by atoms with Crippen molar-refractivity contribution in [1.29, 1.82) is 0 Å². The second kappa shape index (κ2) is 19.4. The Morgan fingerprint density at radius 2 is 0.962 bits per heavy atom. The Bertz CT molecular complexity index is 291. The molecule has 159 valence electrons. The maximum absolute atomic E-state index is 9.43. The molecule has 1 aliphatic rings. The predicted octanol–water partition coefficient (Wildman–Crippen LogP) is -2.92. The standard InChI is InChI=1S/C14H33N5O4.2BrH.Mn/c20-7-11-3-15-1-2-16-12(8-21)4-18-14(10-23)6-19-13(9-22)5-17-11;;;/h11-23H,1-10H2;2*1H;/q;;;+2/p-2/t11-,12?,13?,14?;;;/m0.../s1. The Kier molecular flexibility index (Phi) is 20.3. The van der Waals surface area contributed by atoms with Crippen LogP contribution >= 0.6 is 28.2 Å². The molecule has 4 atom stereocenters. The van der Waals surface area contributed by atoms with Crippen molar-refractivity contribution in [2.45, 2.75) is 24.2 Å². The summed E-state index contributed by atoms with van der Waals surface area (Å²) in [5.41, 5.74) is 0. The van der Waals surface area contributed by atoms with Crippen molar-refractivity contribution < 1.29 is 31.8 Å². The zero-order chi connectivity index (χ0) is 19.6. The van der Waals surface area contributed by atoms with Gasteiger partial charge in [-0.3, -0.25) is 0 Å². The molecule has 0 aromatic rings. The summed E-state index contributed by atoms with van der Waals surface area (Å²) < 4.78 is 0. The maximum atomic E-state index is 9.43. The minimum absolute atomic E-state index is 0.0126. The normalized spacial score (nSPS) is 29.8. The van der Waals surface area contributed by atoms with Crippen LogP contribution in [0.2, 0.25) is 0 Å². The second-order valence-electron chi connectivity index (χ2n) is 5.95. The van der Waals surface area contributed by atoms with Gasteiger partial charge in [0, 0.05) is 63.4 Å². The van der Waals surface area contributed by atoms with Gasteiger partial charge >= 0.3 is 39.6 Å². The molecule has 12 heteroatoms. The van der Waals surface area contributed by atoms with Gasteiger partial charge in [0.25, 0.3) is 0 Å². The van der Waals surface area contributed by atoms with Crippen LogP contribution in [-0.2, 0) is 11.3 Å². The van der Waals surface area contributed by atoms with Crippen LogP contribution in [0, 0.1) is 0 Å². The summed E-state index contributed by atoms with van der Waals surface area (Å²) in [6.45, 7) is 3.59. The third-order valence-corrected chi connectivity index (χ3v) is 3.97. The fourth-order valence-electron chi connectivity index (χ4n) is 2.37. The van der Waals surface area contributed by atoms with E-state index in [2.05, 4.69) is 54.8 Å². The molecule has 1 rings (SSSR count). The molecule has 1 heterocycles. The van der Waals surface area contributed by atoms with Gasteiger partial charge < -0.3 is 47.0 Å². The van der Waals surface area contributed by atoms with Crippen molar-refractivity contribution in [2.75, 3.05) is 65.7 Å². The molecule has 9 N–H and O–H groups in total. The molecular formula is C14H33Br2MnN5O4. The first-order chi connectivity index (χ1) is 12.6. The number of aliphatic hydroxyl groups excluding tert-OH is 4. The Balaban J connectivity index is 0.00000194. The van der Waals surface area contributed by atoms with E-state index in [1.165, 1.54) is 0 Å². The van der Waals surface area contributed by atoms with Crippen molar-refractivity contribution >= 4 is 28.2 Å².